The van der Waals surface area contributed by atoms with Crippen molar-refractivity contribution in [3.63, 3.8) is 0 Å². The summed E-state index contributed by atoms with van der Waals surface area (Å²) in [4.78, 5) is 4.31. The lowest BCUT2D eigenvalue weighted by atomic mass is 10.0. The molecule has 0 bridgehead atoms. The van der Waals surface area contributed by atoms with E-state index in [4.69, 9.17) is 0 Å². The van der Waals surface area contributed by atoms with Crippen LogP contribution in [0.5, 0.6) is 0 Å². The van der Waals surface area contributed by atoms with E-state index in [0.717, 1.165) is 6.54 Å². The third-order valence-electron chi connectivity index (χ3n) is 1.86. The van der Waals surface area contributed by atoms with E-state index in [2.05, 4.69) is 36.5 Å². The summed E-state index contributed by atoms with van der Waals surface area (Å²) < 4.78 is 0. The highest BCUT2D eigenvalue weighted by atomic mass is 32.1. The topological polar surface area (TPSA) is 24.9 Å². The molecule has 0 saturated carbocycles. The Balaban J connectivity index is 2.66. The van der Waals surface area contributed by atoms with Gasteiger partial charge in [0, 0.05) is 5.38 Å². The van der Waals surface area contributed by atoms with Crippen LogP contribution < -0.4 is 5.32 Å². The number of aromatic nitrogens is 1. The van der Waals surface area contributed by atoms with Crippen molar-refractivity contribution in [1.29, 1.82) is 0 Å². The highest BCUT2D eigenvalue weighted by molar-refractivity contribution is 7.07. The molecule has 0 radical (unpaired) electrons. The van der Waals surface area contributed by atoms with Crippen LogP contribution in [0.2, 0.25) is 0 Å². The second-order valence-corrected chi connectivity index (χ2v) is 3.91. The molecule has 1 aromatic rings. The minimum Gasteiger partial charge on any atom is -0.309 e. The first kappa shape index (κ1) is 9.68. The molecule has 3 heteroatoms. The van der Waals surface area contributed by atoms with Gasteiger partial charge in [-0.25, -0.2) is 4.98 Å². The lowest BCUT2D eigenvalue weighted by Crippen LogP contribution is -2.25. The summed E-state index contributed by atoms with van der Waals surface area (Å²) >= 11 is 1.66. The van der Waals surface area contributed by atoms with E-state index in [0.29, 0.717) is 12.0 Å². The van der Waals surface area contributed by atoms with Gasteiger partial charge in [-0.3, -0.25) is 0 Å². The maximum atomic E-state index is 4.31. The Hall–Kier alpha value is -0.410. The van der Waals surface area contributed by atoms with Gasteiger partial charge in [-0.2, -0.15) is 0 Å². The summed E-state index contributed by atoms with van der Waals surface area (Å²) in [5.41, 5.74) is 3.07. The number of nitrogens with one attached hydrogen (secondary N) is 1. The lowest BCUT2D eigenvalue weighted by molar-refractivity contribution is 0.414. The molecule has 1 N–H and O–H groups in total. The minimum absolute atomic E-state index is 0.418. The van der Waals surface area contributed by atoms with Crippen molar-refractivity contribution in [2.45, 2.75) is 26.8 Å². The number of nitrogens with zero attached hydrogens (tertiary/aromatic N) is 1. The van der Waals surface area contributed by atoms with E-state index in [9.17, 15) is 0 Å². The van der Waals surface area contributed by atoms with Gasteiger partial charge in [0.1, 0.15) is 0 Å². The molecule has 12 heavy (non-hydrogen) atoms. The van der Waals surface area contributed by atoms with E-state index in [1.807, 2.05) is 5.51 Å². The highest BCUT2D eigenvalue weighted by Gasteiger charge is 2.15. The minimum atomic E-state index is 0.418. The zero-order chi connectivity index (χ0) is 8.97. The van der Waals surface area contributed by atoms with Crippen LogP contribution in [0.4, 0.5) is 0 Å². The fraction of sp³-hybridized carbons (Fsp3) is 0.667. The summed E-state index contributed by atoms with van der Waals surface area (Å²) in [7, 11) is 0. The molecule has 0 amide bonds. The highest BCUT2D eigenvalue weighted by Crippen LogP contribution is 2.20. The standard InChI is InChI=1S/C9H16N2S/c1-4-10-9(7(2)3)8-5-12-6-11-8/h5-7,9-10H,4H2,1-3H3. The zero-order valence-electron chi connectivity index (χ0n) is 7.87. The van der Waals surface area contributed by atoms with Gasteiger partial charge in [-0.15, -0.1) is 11.3 Å². The van der Waals surface area contributed by atoms with Gasteiger partial charge in [-0.1, -0.05) is 20.8 Å². The van der Waals surface area contributed by atoms with Crippen LogP contribution in [0.25, 0.3) is 0 Å². The zero-order valence-corrected chi connectivity index (χ0v) is 8.69. The molecule has 0 aliphatic rings. The molecule has 0 aliphatic carbocycles. The first-order chi connectivity index (χ1) is 5.75. The lowest BCUT2D eigenvalue weighted by Gasteiger charge is -2.19. The van der Waals surface area contributed by atoms with Gasteiger partial charge in [0.05, 0.1) is 17.2 Å². The number of thiazole rings is 1. The van der Waals surface area contributed by atoms with Gasteiger partial charge < -0.3 is 5.32 Å². The molecule has 0 saturated heterocycles. The quantitative estimate of drug-likeness (QED) is 0.777. The van der Waals surface area contributed by atoms with Crippen molar-refractivity contribution < 1.29 is 0 Å². The molecule has 0 spiro atoms. The molecule has 1 atom stereocenters. The molecule has 1 unspecified atom stereocenters. The molecular weight excluding hydrogens is 168 g/mol. The van der Waals surface area contributed by atoms with Crippen molar-refractivity contribution in [2.24, 2.45) is 5.92 Å². The van der Waals surface area contributed by atoms with Crippen LogP contribution in [0, 0.1) is 5.92 Å². The van der Waals surface area contributed by atoms with Gasteiger partial charge in [0.2, 0.25) is 0 Å². The van der Waals surface area contributed by atoms with Crippen molar-refractivity contribution >= 4 is 11.3 Å². The number of hydrogen-bond acceptors (Lipinski definition) is 3. The fourth-order valence-electron chi connectivity index (χ4n) is 1.28. The average molecular weight is 184 g/mol. The van der Waals surface area contributed by atoms with E-state index < -0.39 is 0 Å². The maximum absolute atomic E-state index is 4.31. The third kappa shape index (κ3) is 2.29. The van der Waals surface area contributed by atoms with Crippen LogP contribution >= 0.6 is 11.3 Å². The van der Waals surface area contributed by atoms with E-state index in [1.54, 1.807) is 11.3 Å². The van der Waals surface area contributed by atoms with Crippen LogP contribution in [0.15, 0.2) is 10.9 Å². The SMILES string of the molecule is CCNC(c1cscn1)C(C)C. The summed E-state index contributed by atoms with van der Waals surface area (Å²) in [6.07, 6.45) is 0. The maximum Gasteiger partial charge on any atom is 0.0795 e. The monoisotopic (exact) mass is 184 g/mol. The fourth-order valence-corrected chi connectivity index (χ4v) is 1.87. The number of hydrogen-bond donors (Lipinski definition) is 1. The van der Waals surface area contributed by atoms with Crippen molar-refractivity contribution in [1.82, 2.24) is 10.3 Å². The van der Waals surface area contributed by atoms with Gasteiger partial charge >= 0.3 is 0 Å². The van der Waals surface area contributed by atoms with Crippen LogP contribution in [0.3, 0.4) is 0 Å². The summed E-state index contributed by atoms with van der Waals surface area (Å²) in [6.45, 7) is 7.56. The van der Waals surface area contributed by atoms with Crippen LogP contribution in [0.1, 0.15) is 32.5 Å². The summed E-state index contributed by atoms with van der Waals surface area (Å²) in [5, 5.41) is 5.55. The first-order valence-corrected chi connectivity index (χ1v) is 5.31. The van der Waals surface area contributed by atoms with Crippen LogP contribution in [-0.4, -0.2) is 11.5 Å². The molecule has 0 aliphatic heterocycles. The Morgan fingerprint density at radius 1 is 1.58 bits per heavy atom. The normalized spacial score (nSPS) is 13.7. The van der Waals surface area contributed by atoms with Crippen molar-refractivity contribution in [3.8, 4) is 0 Å². The second-order valence-electron chi connectivity index (χ2n) is 3.19. The largest absolute Gasteiger partial charge is 0.309 e. The molecule has 0 aromatic carbocycles. The molecule has 68 valence electrons. The van der Waals surface area contributed by atoms with E-state index in [-0.39, 0.29) is 0 Å². The van der Waals surface area contributed by atoms with Gasteiger partial charge in [0.25, 0.3) is 0 Å². The first-order valence-electron chi connectivity index (χ1n) is 4.37. The molecular formula is C9H16N2S. The molecule has 2 nitrogen and oxygen atoms in total. The van der Waals surface area contributed by atoms with Crippen molar-refractivity contribution in [3.05, 3.63) is 16.6 Å². The van der Waals surface area contributed by atoms with Gasteiger partial charge in [0.15, 0.2) is 0 Å². The predicted molar refractivity (Wildman–Crippen MR) is 53.4 cm³/mol. The average Bonchev–Trinajstić information content (AvgIpc) is 2.51. The summed E-state index contributed by atoms with van der Waals surface area (Å²) in [5.74, 6) is 0.604. The Labute approximate surface area is 78.0 Å². The molecule has 1 aromatic heterocycles. The van der Waals surface area contributed by atoms with Crippen LogP contribution in [-0.2, 0) is 0 Å². The Bertz CT molecular complexity index is 206. The third-order valence-corrected chi connectivity index (χ3v) is 2.47. The van der Waals surface area contributed by atoms with Crippen molar-refractivity contribution in [2.75, 3.05) is 6.54 Å². The Kier molecular flexibility index (Phi) is 3.69. The van der Waals surface area contributed by atoms with E-state index >= 15 is 0 Å². The predicted octanol–water partition coefficient (Wildman–Crippen LogP) is 2.45. The smallest absolute Gasteiger partial charge is 0.0795 e. The molecule has 1 rings (SSSR count). The Morgan fingerprint density at radius 3 is 2.75 bits per heavy atom. The molecule has 1 heterocycles. The Morgan fingerprint density at radius 2 is 2.33 bits per heavy atom. The number of rotatable bonds is 4. The van der Waals surface area contributed by atoms with Gasteiger partial charge in [-0.05, 0) is 12.5 Å². The second kappa shape index (κ2) is 4.58. The summed E-state index contributed by atoms with van der Waals surface area (Å²) in [6, 6.07) is 0.418. The molecule has 0 fully saturated rings. The van der Waals surface area contributed by atoms with E-state index in [1.165, 1.54) is 5.69 Å².